The Morgan fingerprint density at radius 2 is 1.57 bits per heavy atom. The quantitative estimate of drug-likeness (QED) is 0.203. The first-order valence-corrected chi connectivity index (χ1v) is 12.2. The van der Waals surface area contributed by atoms with Crippen molar-refractivity contribution in [1.82, 2.24) is 10.2 Å². The summed E-state index contributed by atoms with van der Waals surface area (Å²) >= 11 is 3.08. The van der Waals surface area contributed by atoms with Gasteiger partial charge in [-0.3, -0.25) is 19.3 Å². The van der Waals surface area contributed by atoms with Crippen LogP contribution < -0.4 is 5.32 Å². The van der Waals surface area contributed by atoms with E-state index >= 15 is 0 Å². The van der Waals surface area contributed by atoms with Crippen LogP contribution in [-0.4, -0.2) is 52.7 Å². The number of esters is 1. The second-order valence-corrected chi connectivity index (χ2v) is 8.76. The minimum atomic E-state index is -1.04. The Bertz CT molecular complexity index is 1100. The van der Waals surface area contributed by atoms with Crippen LogP contribution in [0.5, 0.6) is 0 Å². The standard InChI is InChI=1S/C26H27BrN2O6/c1-17(2)23(26(33)35-15-19-11-7-4-8-12-19)29-24(32)22(25(29)34-16-20(30)14-27)28-21(31)13-18-9-5-3-6-10-18/h3-12,22,25H,13-16H2,1-2H3,(H,28,31)/t22?,25-/m0/s1. The van der Waals surface area contributed by atoms with E-state index in [4.69, 9.17) is 9.47 Å². The van der Waals surface area contributed by atoms with Crippen molar-refractivity contribution in [3.63, 3.8) is 0 Å². The van der Waals surface area contributed by atoms with Gasteiger partial charge in [0, 0.05) is 0 Å². The van der Waals surface area contributed by atoms with Crippen molar-refractivity contribution in [3.05, 3.63) is 83.1 Å². The molecular weight excluding hydrogens is 516 g/mol. The molecule has 35 heavy (non-hydrogen) atoms. The molecule has 8 nitrogen and oxygen atoms in total. The Labute approximate surface area is 212 Å². The Morgan fingerprint density at radius 3 is 2.14 bits per heavy atom. The van der Waals surface area contributed by atoms with Gasteiger partial charge in [0.05, 0.1) is 11.8 Å². The van der Waals surface area contributed by atoms with Crippen LogP contribution in [0.3, 0.4) is 0 Å². The summed E-state index contributed by atoms with van der Waals surface area (Å²) in [5.41, 5.74) is 2.14. The molecule has 1 aliphatic rings. The van der Waals surface area contributed by atoms with Crippen LogP contribution in [-0.2, 0) is 41.7 Å². The van der Waals surface area contributed by atoms with Crippen LogP contribution in [0.2, 0.25) is 0 Å². The number of hydrogen-bond acceptors (Lipinski definition) is 6. The Hall–Kier alpha value is -3.30. The van der Waals surface area contributed by atoms with E-state index in [1.54, 1.807) is 26.0 Å². The van der Waals surface area contributed by atoms with Gasteiger partial charge in [0.2, 0.25) is 5.91 Å². The number of carbonyl (C=O) groups excluding carboxylic acids is 4. The minimum absolute atomic E-state index is 0.0239. The van der Waals surface area contributed by atoms with Crippen LogP contribution in [0, 0.1) is 0 Å². The molecule has 1 N–H and O–H groups in total. The summed E-state index contributed by atoms with van der Waals surface area (Å²) in [6.07, 6.45) is -0.953. The van der Waals surface area contributed by atoms with Crippen molar-refractivity contribution in [2.24, 2.45) is 0 Å². The van der Waals surface area contributed by atoms with E-state index in [-0.39, 0.29) is 42.4 Å². The molecule has 0 spiro atoms. The van der Waals surface area contributed by atoms with Crippen LogP contribution in [0.1, 0.15) is 25.0 Å². The number of Topliss-reactive ketones (excluding diaryl/α,β-unsaturated/α-hetero) is 1. The van der Waals surface area contributed by atoms with Crippen molar-refractivity contribution in [3.8, 4) is 0 Å². The number of nitrogens with zero attached hydrogens (tertiary/aromatic N) is 1. The normalized spacial score (nSPS) is 16.8. The maximum atomic E-state index is 13.1. The molecule has 1 unspecified atom stereocenters. The van der Waals surface area contributed by atoms with Gasteiger partial charge in [0.25, 0.3) is 5.91 Å². The number of ketones is 1. The first-order chi connectivity index (χ1) is 16.8. The van der Waals surface area contributed by atoms with Crippen molar-refractivity contribution in [2.45, 2.75) is 39.1 Å². The molecule has 1 aliphatic heterocycles. The third-order valence-electron chi connectivity index (χ3n) is 5.25. The predicted octanol–water partition coefficient (Wildman–Crippen LogP) is 2.90. The fourth-order valence-corrected chi connectivity index (χ4v) is 3.72. The van der Waals surface area contributed by atoms with E-state index in [0.717, 1.165) is 16.0 Å². The van der Waals surface area contributed by atoms with Crippen molar-refractivity contribution >= 4 is 39.5 Å². The van der Waals surface area contributed by atoms with Crippen molar-refractivity contribution in [1.29, 1.82) is 0 Å². The second-order valence-electron chi connectivity index (χ2n) is 8.20. The third-order valence-corrected chi connectivity index (χ3v) is 5.88. The summed E-state index contributed by atoms with van der Waals surface area (Å²) in [5, 5.41) is 2.75. The highest BCUT2D eigenvalue weighted by Gasteiger charge is 2.53. The lowest BCUT2D eigenvalue weighted by atomic mass is 10.0. The SMILES string of the molecule is CC(C)=C(C(=O)OCc1ccccc1)N1C(=O)C(NC(=O)Cc2ccccc2)[C@@H]1OCC(=O)CBr. The number of nitrogens with one attached hydrogen (secondary N) is 1. The number of hydrogen-bond donors (Lipinski definition) is 1. The van der Waals surface area contributed by atoms with E-state index in [1.807, 2.05) is 48.5 Å². The average Bonchev–Trinajstić information content (AvgIpc) is 2.86. The van der Waals surface area contributed by atoms with Gasteiger partial charge in [-0.05, 0) is 30.5 Å². The number of amides is 2. The zero-order chi connectivity index (χ0) is 25.4. The van der Waals surface area contributed by atoms with Gasteiger partial charge in [0.15, 0.2) is 18.1 Å². The zero-order valence-corrected chi connectivity index (χ0v) is 21.1. The number of rotatable bonds is 11. The maximum Gasteiger partial charge on any atom is 0.355 e. The molecule has 1 heterocycles. The average molecular weight is 543 g/mol. The lowest BCUT2D eigenvalue weighted by Gasteiger charge is -2.46. The maximum absolute atomic E-state index is 13.1. The topological polar surface area (TPSA) is 102 Å². The summed E-state index contributed by atoms with van der Waals surface area (Å²) in [4.78, 5) is 51.6. The Balaban J connectivity index is 1.75. The van der Waals surface area contributed by atoms with E-state index in [1.165, 1.54) is 0 Å². The third kappa shape index (κ3) is 6.86. The molecule has 1 fully saturated rings. The molecule has 0 saturated carbocycles. The van der Waals surface area contributed by atoms with Gasteiger partial charge >= 0.3 is 5.97 Å². The van der Waals surface area contributed by atoms with Crippen LogP contribution in [0.15, 0.2) is 71.9 Å². The van der Waals surface area contributed by atoms with E-state index in [9.17, 15) is 19.2 Å². The summed E-state index contributed by atoms with van der Waals surface area (Å²) < 4.78 is 11.1. The second kappa shape index (κ2) is 12.4. The van der Waals surface area contributed by atoms with Gasteiger partial charge in [-0.25, -0.2) is 4.79 Å². The molecule has 2 aromatic carbocycles. The monoisotopic (exact) mass is 542 g/mol. The molecule has 0 radical (unpaired) electrons. The molecule has 9 heteroatoms. The number of ether oxygens (including phenoxy) is 2. The number of halogens is 1. The van der Waals surface area contributed by atoms with E-state index in [0.29, 0.717) is 5.57 Å². The lowest BCUT2D eigenvalue weighted by Crippen LogP contribution is -2.72. The van der Waals surface area contributed by atoms with E-state index in [2.05, 4.69) is 21.2 Å². The largest absolute Gasteiger partial charge is 0.456 e. The molecule has 0 bridgehead atoms. The number of alkyl halides is 1. The fourth-order valence-electron chi connectivity index (χ4n) is 3.56. The molecule has 0 aromatic heterocycles. The van der Waals surface area contributed by atoms with Gasteiger partial charge in [0.1, 0.15) is 18.9 Å². The van der Waals surface area contributed by atoms with Crippen LogP contribution in [0.25, 0.3) is 0 Å². The summed E-state index contributed by atoms with van der Waals surface area (Å²) in [6, 6.07) is 17.2. The van der Waals surface area contributed by atoms with E-state index < -0.39 is 24.1 Å². The molecule has 2 amide bonds. The van der Waals surface area contributed by atoms with Gasteiger partial charge in [-0.15, -0.1) is 0 Å². The Kier molecular flexibility index (Phi) is 9.33. The number of carbonyl (C=O) groups is 4. The highest BCUT2D eigenvalue weighted by molar-refractivity contribution is 9.09. The number of benzene rings is 2. The van der Waals surface area contributed by atoms with Gasteiger partial charge < -0.3 is 14.8 Å². The fraction of sp³-hybridized carbons (Fsp3) is 0.308. The highest BCUT2D eigenvalue weighted by Crippen LogP contribution is 2.29. The van der Waals surface area contributed by atoms with Crippen molar-refractivity contribution in [2.75, 3.05) is 11.9 Å². The molecule has 0 aliphatic carbocycles. The van der Waals surface area contributed by atoms with Gasteiger partial charge in [-0.1, -0.05) is 76.6 Å². The molecular formula is C26H27BrN2O6. The first kappa shape index (κ1) is 26.3. The molecule has 2 atom stereocenters. The smallest absolute Gasteiger partial charge is 0.355 e. The molecule has 1 saturated heterocycles. The van der Waals surface area contributed by atoms with Crippen LogP contribution in [0.4, 0.5) is 0 Å². The predicted molar refractivity (Wildman–Crippen MR) is 132 cm³/mol. The minimum Gasteiger partial charge on any atom is -0.456 e. The van der Waals surface area contributed by atoms with Crippen LogP contribution >= 0.6 is 15.9 Å². The summed E-state index contributed by atoms with van der Waals surface area (Å²) in [5.74, 6) is -1.84. The Morgan fingerprint density at radius 1 is 0.971 bits per heavy atom. The molecule has 3 rings (SSSR count). The lowest BCUT2D eigenvalue weighted by molar-refractivity contribution is -0.183. The highest BCUT2D eigenvalue weighted by atomic mass is 79.9. The first-order valence-electron chi connectivity index (χ1n) is 11.1. The summed E-state index contributed by atoms with van der Waals surface area (Å²) in [6.45, 7) is 3.09. The van der Waals surface area contributed by atoms with Crippen molar-refractivity contribution < 1.29 is 28.7 Å². The summed E-state index contributed by atoms with van der Waals surface area (Å²) in [7, 11) is 0. The molecule has 184 valence electrons. The zero-order valence-electron chi connectivity index (χ0n) is 19.5. The molecule has 2 aromatic rings. The number of allylic oxidation sites excluding steroid dienone is 1. The number of likely N-dealkylation sites (tertiary alicyclic amines) is 1. The number of β-lactam (4-membered cyclic amide) rings is 1. The van der Waals surface area contributed by atoms with Gasteiger partial charge in [-0.2, -0.15) is 0 Å².